The number of hydrogen-bond acceptors (Lipinski definition) is 3. The van der Waals surface area contributed by atoms with Gasteiger partial charge in [-0.2, -0.15) is 0 Å². The monoisotopic (exact) mass is 336 g/mol. The maximum Gasteiger partial charge on any atom is 0.246 e. The standard InChI is InChI=1S/C21H24N2O2/c1-2-3-18-6-10-20(22-16-18)19-8-4-17(5-9-19)7-11-21(24)23-12-14-25-15-13-23/h4-11,16H,2-3,12-15H2,1H3/b11-7+. The van der Waals surface area contributed by atoms with Crippen molar-refractivity contribution in [3.05, 3.63) is 59.8 Å². The van der Waals surface area contributed by atoms with Crippen LogP contribution >= 0.6 is 0 Å². The third-order valence-corrected chi connectivity index (χ3v) is 4.31. The zero-order valence-corrected chi connectivity index (χ0v) is 14.6. The van der Waals surface area contributed by atoms with E-state index in [0.29, 0.717) is 26.3 Å². The van der Waals surface area contributed by atoms with Crippen LogP contribution < -0.4 is 0 Å². The molecule has 1 aromatic carbocycles. The van der Waals surface area contributed by atoms with Gasteiger partial charge in [-0.25, -0.2) is 0 Å². The minimum atomic E-state index is 0.0422. The fourth-order valence-corrected chi connectivity index (χ4v) is 2.85. The summed E-state index contributed by atoms with van der Waals surface area (Å²) < 4.78 is 5.26. The lowest BCUT2D eigenvalue weighted by molar-refractivity contribution is -0.129. The number of aromatic nitrogens is 1. The predicted molar refractivity (Wildman–Crippen MR) is 100 cm³/mol. The summed E-state index contributed by atoms with van der Waals surface area (Å²) in [4.78, 5) is 18.5. The van der Waals surface area contributed by atoms with Crippen LogP contribution in [0.15, 0.2) is 48.7 Å². The Morgan fingerprint density at radius 3 is 2.56 bits per heavy atom. The molecule has 1 saturated heterocycles. The Morgan fingerprint density at radius 2 is 1.92 bits per heavy atom. The molecule has 1 fully saturated rings. The van der Waals surface area contributed by atoms with E-state index in [0.717, 1.165) is 29.7 Å². The summed E-state index contributed by atoms with van der Waals surface area (Å²) in [5.74, 6) is 0.0422. The molecule has 0 spiro atoms. The highest BCUT2D eigenvalue weighted by Gasteiger charge is 2.13. The molecule has 0 unspecified atom stereocenters. The van der Waals surface area contributed by atoms with Crippen LogP contribution in [0.1, 0.15) is 24.5 Å². The zero-order valence-electron chi connectivity index (χ0n) is 14.6. The molecule has 2 aromatic rings. The summed E-state index contributed by atoms with van der Waals surface area (Å²) >= 11 is 0. The Kier molecular flexibility index (Phi) is 5.96. The van der Waals surface area contributed by atoms with Crippen molar-refractivity contribution < 1.29 is 9.53 Å². The molecule has 4 heteroatoms. The minimum Gasteiger partial charge on any atom is -0.378 e. The van der Waals surface area contributed by atoms with Gasteiger partial charge in [-0.1, -0.05) is 43.7 Å². The van der Waals surface area contributed by atoms with Gasteiger partial charge in [0.2, 0.25) is 5.91 Å². The van der Waals surface area contributed by atoms with E-state index in [1.165, 1.54) is 5.56 Å². The number of nitrogens with zero attached hydrogens (tertiary/aromatic N) is 2. The second-order valence-corrected chi connectivity index (χ2v) is 6.19. The first-order valence-electron chi connectivity index (χ1n) is 8.86. The summed E-state index contributed by atoms with van der Waals surface area (Å²) in [6, 6.07) is 12.3. The van der Waals surface area contributed by atoms with E-state index in [1.807, 2.05) is 41.4 Å². The fourth-order valence-electron chi connectivity index (χ4n) is 2.85. The fraction of sp³-hybridized carbons (Fsp3) is 0.333. The largest absolute Gasteiger partial charge is 0.378 e. The quantitative estimate of drug-likeness (QED) is 0.784. The van der Waals surface area contributed by atoms with Gasteiger partial charge >= 0.3 is 0 Å². The first-order valence-corrected chi connectivity index (χ1v) is 8.86. The van der Waals surface area contributed by atoms with Crippen LogP contribution in [0.2, 0.25) is 0 Å². The first-order chi connectivity index (χ1) is 12.3. The number of benzene rings is 1. The molecule has 4 nitrogen and oxygen atoms in total. The lowest BCUT2D eigenvalue weighted by Crippen LogP contribution is -2.39. The summed E-state index contributed by atoms with van der Waals surface area (Å²) in [7, 11) is 0. The highest BCUT2D eigenvalue weighted by atomic mass is 16.5. The van der Waals surface area contributed by atoms with Gasteiger partial charge in [-0.05, 0) is 29.7 Å². The molecule has 0 bridgehead atoms. The Bertz CT molecular complexity index is 715. The molecule has 1 amide bonds. The Hall–Kier alpha value is -2.46. The topological polar surface area (TPSA) is 42.4 Å². The average Bonchev–Trinajstić information content (AvgIpc) is 2.68. The van der Waals surface area contributed by atoms with E-state index >= 15 is 0 Å². The van der Waals surface area contributed by atoms with E-state index < -0.39 is 0 Å². The van der Waals surface area contributed by atoms with Crippen LogP contribution in [0.5, 0.6) is 0 Å². The number of carbonyl (C=O) groups excluding carboxylic acids is 1. The van der Waals surface area contributed by atoms with Crippen LogP contribution in [0.25, 0.3) is 17.3 Å². The molecule has 0 radical (unpaired) electrons. The number of amides is 1. The SMILES string of the molecule is CCCc1ccc(-c2ccc(/C=C/C(=O)N3CCOCC3)cc2)nc1. The summed E-state index contributed by atoms with van der Waals surface area (Å²) in [5, 5.41) is 0. The van der Waals surface area contributed by atoms with Gasteiger partial charge in [0, 0.05) is 30.9 Å². The van der Waals surface area contributed by atoms with Gasteiger partial charge in [0.25, 0.3) is 0 Å². The van der Waals surface area contributed by atoms with Gasteiger partial charge in [-0.15, -0.1) is 0 Å². The number of hydrogen-bond donors (Lipinski definition) is 0. The maximum atomic E-state index is 12.1. The molecule has 1 aliphatic heterocycles. The number of ether oxygens (including phenoxy) is 1. The zero-order chi connectivity index (χ0) is 17.5. The molecule has 2 heterocycles. The Labute approximate surface area is 149 Å². The maximum absolute atomic E-state index is 12.1. The molecule has 0 atom stereocenters. The number of pyridine rings is 1. The van der Waals surface area contributed by atoms with Crippen molar-refractivity contribution in [2.24, 2.45) is 0 Å². The van der Waals surface area contributed by atoms with Crippen LogP contribution in [-0.2, 0) is 16.0 Å². The Morgan fingerprint density at radius 1 is 1.16 bits per heavy atom. The summed E-state index contributed by atoms with van der Waals surface area (Å²) in [6.45, 7) is 4.75. The molecular formula is C21H24N2O2. The van der Waals surface area contributed by atoms with E-state index in [9.17, 15) is 4.79 Å². The van der Waals surface area contributed by atoms with E-state index in [1.54, 1.807) is 6.08 Å². The van der Waals surface area contributed by atoms with Gasteiger partial charge in [0.1, 0.15) is 0 Å². The van der Waals surface area contributed by atoms with Crippen molar-refractivity contribution in [3.8, 4) is 11.3 Å². The molecule has 1 aliphatic rings. The van der Waals surface area contributed by atoms with Crippen LogP contribution in [0.4, 0.5) is 0 Å². The van der Waals surface area contributed by atoms with E-state index in [4.69, 9.17) is 4.74 Å². The van der Waals surface area contributed by atoms with Crippen LogP contribution in [0.3, 0.4) is 0 Å². The summed E-state index contributed by atoms with van der Waals surface area (Å²) in [5.41, 5.74) is 4.33. The van der Waals surface area contributed by atoms with Gasteiger partial charge in [0.15, 0.2) is 0 Å². The molecular weight excluding hydrogens is 312 g/mol. The van der Waals surface area contributed by atoms with Crippen molar-refractivity contribution in [3.63, 3.8) is 0 Å². The second-order valence-electron chi connectivity index (χ2n) is 6.19. The van der Waals surface area contributed by atoms with Crippen LogP contribution in [0, 0.1) is 0 Å². The molecule has 130 valence electrons. The van der Waals surface area contributed by atoms with E-state index in [2.05, 4.69) is 24.0 Å². The van der Waals surface area contributed by atoms with Gasteiger partial charge < -0.3 is 9.64 Å². The second kappa shape index (κ2) is 8.58. The highest BCUT2D eigenvalue weighted by molar-refractivity contribution is 5.91. The molecule has 1 aromatic heterocycles. The minimum absolute atomic E-state index is 0.0422. The number of morpholine rings is 1. The van der Waals surface area contributed by atoms with Gasteiger partial charge in [0.05, 0.1) is 18.9 Å². The molecule has 3 rings (SSSR count). The first kappa shape index (κ1) is 17.4. The third-order valence-electron chi connectivity index (χ3n) is 4.31. The summed E-state index contributed by atoms with van der Waals surface area (Å²) in [6.07, 6.45) is 7.64. The average molecular weight is 336 g/mol. The molecule has 0 N–H and O–H groups in total. The number of aryl methyl sites for hydroxylation is 1. The predicted octanol–water partition coefficient (Wildman–Crippen LogP) is 3.57. The lowest BCUT2D eigenvalue weighted by atomic mass is 10.1. The number of carbonyl (C=O) groups is 1. The molecule has 25 heavy (non-hydrogen) atoms. The van der Waals surface area contributed by atoms with E-state index in [-0.39, 0.29) is 5.91 Å². The molecule has 0 aliphatic carbocycles. The smallest absolute Gasteiger partial charge is 0.246 e. The van der Waals surface area contributed by atoms with Crippen molar-refractivity contribution in [2.75, 3.05) is 26.3 Å². The van der Waals surface area contributed by atoms with Crippen molar-refractivity contribution >= 4 is 12.0 Å². The van der Waals surface area contributed by atoms with Gasteiger partial charge in [-0.3, -0.25) is 9.78 Å². The van der Waals surface area contributed by atoms with Crippen LogP contribution in [-0.4, -0.2) is 42.1 Å². The number of rotatable bonds is 5. The molecule has 0 saturated carbocycles. The lowest BCUT2D eigenvalue weighted by Gasteiger charge is -2.25. The third kappa shape index (κ3) is 4.77. The highest BCUT2D eigenvalue weighted by Crippen LogP contribution is 2.19. The van der Waals surface area contributed by atoms with Crippen molar-refractivity contribution in [2.45, 2.75) is 19.8 Å². The normalized spacial score (nSPS) is 14.8. The van der Waals surface area contributed by atoms with Crippen molar-refractivity contribution in [1.29, 1.82) is 0 Å². The van der Waals surface area contributed by atoms with Crippen molar-refractivity contribution in [1.82, 2.24) is 9.88 Å². The Balaban J connectivity index is 1.63.